The Balaban J connectivity index is 1.82. The van der Waals surface area contributed by atoms with Gasteiger partial charge < -0.3 is 4.74 Å². The Morgan fingerprint density at radius 3 is 2.67 bits per heavy atom. The van der Waals surface area contributed by atoms with Crippen LogP contribution in [0.3, 0.4) is 0 Å². The summed E-state index contributed by atoms with van der Waals surface area (Å²) in [6.45, 7) is 6.18. The van der Waals surface area contributed by atoms with E-state index in [1.165, 1.54) is 0 Å². The molecule has 2 aliphatic rings. The number of aromatic nitrogens is 3. The lowest BCUT2D eigenvalue weighted by Gasteiger charge is -2.12. The molecular weight excluding hydrogens is 366 g/mol. The number of carbonyl (C=O) groups is 1. The van der Waals surface area contributed by atoms with E-state index in [4.69, 9.17) is 9.72 Å². The Hall–Kier alpha value is -1.96. The molecule has 0 spiro atoms. The molecule has 1 aliphatic carbocycles. The number of pyridine rings is 1. The molecule has 0 amide bonds. The molecule has 1 atom stereocenters. The standard InChI is InChI=1S/C19H25N3O4S/c1-11(2)9-26-19(23)15-8-16(13-4-5-13)20-18-17(15)12(3)21-22(18)14-6-7-27(24,25)10-14/h8,11,13-14H,4-7,9-10H2,1-3H3. The van der Waals surface area contributed by atoms with Crippen LogP contribution in [0.4, 0.5) is 0 Å². The summed E-state index contributed by atoms with van der Waals surface area (Å²) in [4.78, 5) is 17.5. The number of nitrogens with zero attached hydrogens (tertiary/aromatic N) is 3. The lowest BCUT2D eigenvalue weighted by Crippen LogP contribution is -2.14. The van der Waals surface area contributed by atoms with Gasteiger partial charge in [0.2, 0.25) is 0 Å². The van der Waals surface area contributed by atoms with Gasteiger partial charge in [0.1, 0.15) is 0 Å². The number of aryl methyl sites for hydroxylation is 1. The summed E-state index contributed by atoms with van der Waals surface area (Å²) >= 11 is 0. The molecule has 3 heterocycles. The monoisotopic (exact) mass is 391 g/mol. The van der Waals surface area contributed by atoms with E-state index in [-0.39, 0.29) is 29.4 Å². The summed E-state index contributed by atoms with van der Waals surface area (Å²) in [5, 5.41) is 5.26. The maximum absolute atomic E-state index is 12.8. The number of carbonyl (C=O) groups excluding carboxylic acids is 1. The molecule has 1 saturated heterocycles. The van der Waals surface area contributed by atoms with Gasteiger partial charge in [0.05, 0.1) is 40.8 Å². The molecule has 1 saturated carbocycles. The Morgan fingerprint density at radius 2 is 2.07 bits per heavy atom. The molecular formula is C19H25N3O4S. The number of esters is 1. The van der Waals surface area contributed by atoms with Crippen molar-refractivity contribution in [3.8, 4) is 0 Å². The second-order valence-corrected chi connectivity index (χ2v) is 10.4. The number of hydrogen-bond donors (Lipinski definition) is 0. The molecule has 7 nitrogen and oxygen atoms in total. The minimum atomic E-state index is -3.04. The van der Waals surface area contributed by atoms with E-state index < -0.39 is 9.84 Å². The third kappa shape index (κ3) is 3.59. The SMILES string of the molecule is Cc1nn(C2CCS(=O)(=O)C2)c2nc(C3CC3)cc(C(=O)OCC(C)C)c12. The Kier molecular flexibility index (Phi) is 4.49. The molecule has 0 N–H and O–H groups in total. The van der Waals surface area contributed by atoms with Crippen LogP contribution in [0, 0.1) is 12.8 Å². The second kappa shape index (κ2) is 6.58. The average molecular weight is 391 g/mol. The van der Waals surface area contributed by atoms with Crippen molar-refractivity contribution in [2.45, 2.75) is 52.0 Å². The third-order valence-electron chi connectivity index (χ3n) is 5.17. The Labute approximate surface area is 159 Å². The quantitative estimate of drug-likeness (QED) is 0.728. The topological polar surface area (TPSA) is 91.1 Å². The van der Waals surface area contributed by atoms with Gasteiger partial charge in [-0.05, 0) is 38.2 Å². The number of rotatable bonds is 5. The fourth-order valence-electron chi connectivity index (χ4n) is 3.62. The predicted octanol–water partition coefficient (Wildman–Crippen LogP) is 2.79. The van der Waals surface area contributed by atoms with Crippen molar-refractivity contribution in [1.29, 1.82) is 0 Å². The summed E-state index contributed by atoms with van der Waals surface area (Å²) in [5.41, 5.74) is 2.66. The van der Waals surface area contributed by atoms with Crippen LogP contribution < -0.4 is 0 Å². The zero-order valence-electron chi connectivity index (χ0n) is 15.9. The van der Waals surface area contributed by atoms with E-state index in [9.17, 15) is 13.2 Å². The van der Waals surface area contributed by atoms with Crippen LogP contribution in [0.2, 0.25) is 0 Å². The highest BCUT2D eigenvalue weighted by molar-refractivity contribution is 7.91. The highest BCUT2D eigenvalue weighted by Gasteiger charge is 2.34. The van der Waals surface area contributed by atoms with Crippen LogP contribution in [0.1, 0.15) is 66.8 Å². The molecule has 2 aromatic heterocycles. The molecule has 1 unspecified atom stereocenters. The first kappa shape index (κ1) is 18.4. The minimum Gasteiger partial charge on any atom is -0.462 e. The molecule has 2 fully saturated rings. The van der Waals surface area contributed by atoms with Crippen molar-refractivity contribution >= 4 is 26.8 Å². The Bertz CT molecular complexity index is 1010. The van der Waals surface area contributed by atoms with Gasteiger partial charge >= 0.3 is 5.97 Å². The fourth-order valence-corrected chi connectivity index (χ4v) is 5.32. The molecule has 0 radical (unpaired) electrons. The van der Waals surface area contributed by atoms with Crippen LogP contribution in [0.5, 0.6) is 0 Å². The first-order valence-corrected chi connectivity index (χ1v) is 11.3. The minimum absolute atomic E-state index is 0.0751. The molecule has 146 valence electrons. The van der Waals surface area contributed by atoms with Crippen LogP contribution in [-0.2, 0) is 14.6 Å². The van der Waals surface area contributed by atoms with E-state index in [0.717, 1.165) is 18.5 Å². The van der Waals surface area contributed by atoms with Gasteiger partial charge in [-0.15, -0.1) is 0 Å². The normalized spacial score (nSPS) is 21.9. The van der Waals surface area contributed by atoms with Gasteiger partial charge in [-0.1, -0.05) is 13.8 Å². The van der Waals surface area contributed by atoms with Gasteiger partial charge in [-0.3, -0.25) is 0 Å². The van der Waals surface area contributed by atoms with Gasteiger partial charge in [0.25, 0.3) is 0 Å². The summed E-state index contributed by atoms with van der Waals surface area (Å²) in [7, 11) is -3.04. The summed E-state index contributed by atoms with van der Waals surface area (Å²) in [6, 6.07) is 1.61. The highest BCUT2D eigenvalue weighted by Crippen LogP contribution is 2.41. The van der Waals surface area contributed by atoms with Crippen molar-refractivity contribution in [2.24, 2.45) is 5.92 Å². The van der Waals surface area contributed by atoms with Crippen molar-refractivity contribution < 1.29 is 17.9 Å². The fraction of sp³-hybridized carbons (Fsp3) is 0.632. The van der Waals surface area contributed by atoms with Gasteiger partial charge in [0.15, 0.2) is 15.5 Å². The second-order valence-electron chi connectivity index (χ2n) is 8.15. The number of ether oxygens (including phenoxy) is 1. The molecule has 0 aromatic carbocycles. The molecule has 1 aliphatic heterocycles. The van der Waals surface area contributed by atoms with Crippen LogP contribution in [0.15, 0.2) is 6.07 Å². The Morgan fingerprint density at radius 1 is 1.33 bits per heavy atom. The van der Waals surface area contributed by atoms with E-state index in [1.807, 2.05) is 26.8 Å². The zero-order chi connectivity index (χ0) is 19.3. The number of hydrogen-bond acceptors (Lipinski definition) is 6. The van der Waals surface area contributed by atoms with E-state index in [0.29, 0.717) is 41.2 Å². The largest absolute Gasteiger partial charge is 0.462 e. The predicted molar refractivity (Wildman–Crippen MR) is 102 cm³/mol. The average Bonchev–Trinajstić information content (AvgIpc) is 3.32. The highest BCUT2D eigenvalue weighted by atomic mass is 32.2. The third-order valence-corrected chi connectivity index (χ3v) is 6.92. The first-order chi connectivity index (χ1) is 12.7. The van der Waals surface area contributed by atoms with Crippen LogP contribution in [0.25, 0.3) is 11.0 Å². The molecule has 8 heteroatoms. The van der Waals surface area contributed by atoms with Crippen molar-refractivity contribution in [3.63, 3.8) is 0 Å². The lowest BCUT2D eigenvalue weighted by molar-refractivity contribution is 0.0461. The van der Waals surface area contributed by atoms with Crippen molar-refractivity contribution in [3.05, 3.63) is 23.0 Å². The van der Waals surface area contributed by atoms with E-state index >= 15 is 0 Å². The first-order valence-electron chi connectivity index (χ1n) is 9.52. The van der Waals surface area contributed by atoms with Crippen molar-refractivity contribution in [1.82, 2.24) is 14.8 Å². The van der Waals surface area contributed by atoms with Gasteiger partial charge in [-0.25, -0.2) is 22.9 Å². The molecule has 0 bridgehead atoms. The van der Waals surface area contributed by atoms with Crippen LogP contribution in [-0.4, -0.2) is 47.3 Å². The van der Waals surface area contributed by atoms with E-state index in [1.54, 1.807) is 4.68 Å². The zero-order valence-corrected chi connectivity index (χ0v) is 16.8. The maximum atomic E-state index is 12.8. The summed E-state index contributed by atoms with van der Waals surface area (Å²) < 4.78 is 31.1. The summed E-state index contributed by atoms with van der Waals surface area (Å²) in [5.74, 6) is 0.499. The number of sulfone groups is 1. The van der Waals surface area contributed by atoms with Gasteiger partial charge in [-0.2, -0.15) is 5.10 Å². The van der Waals surface area contributed by atoms with Crippen LogP contribution >= 0.6 is 0 Å². The van der Waals surface area contributed by atoms with E-state index in [2.05, 4.69) is 5.10 Å². The molecule has 4 rings (SSSR count). The maximum Gasteiger partial charge on any atom is 0.339 e. The lowest BCUT2D eigenvalue weighted by atomic mass is 10.1. The smallest absolute Gasteiger partial charge is 0.339 e. The molecule has 27 heavy (non-hydrogen) atoms. The van der Waals surface area contributed by atoms with Crippen molar-refractivity contribution in [2.75, 3.05) is 18.1 Å². The van der Waals surface area contributed by atoms with Gasteiger partial charge in [0, 0.05) is 11.6 Å². The summed E-state index contributed by atoms with van der Waals surface area (Å²) in [6.07, 6.45) is 2.65. The number of fused-ring (bicyclic) bond motifs is 1. The molecule has 2 aromatic rings.